The molecule has 0 aliphatic rings. The van der Waals surface area contributed by atoms with Gasteiger partial charge in [-0.2, -0.15) is 36.7 Å². The van der Waals surface area contributed by atoms with E-state index < -0.39 is 55.8 Å². The van der Waals surface area contributed by atoms with Crippen molar-refractivity contribution in [2.24, 2.45) is 0 Å². The number of aromatic nitrogens is 2. The van der Waals surface area contributed by atoms with Crippen LogP contribution in [0.5, 0.6) is 0 Å². The Morgan fingerprint density at radius 3 is 2.24 bits per heavy atom. The highest BCUT2D eigenvalue weighted by molar-refractivity contribution is 7.86. The van der Waals surface area contributed by atoms with E-state index in [0.29, 0.717) is 16.8 Å². The molecular formula is C13H6F7N3OS. The lowest BCUT2D eigenvalue weighted by Gasteiger charge is -2.11. The molecule has 1 aromatic carbocycles. The first kappa shape index (κ1) is 18.9. The van der Waals surface area contributed by atoms with Crippen molar-refractivity contribution in [3.63, 3.8) is 0 Å². The molecule has 1 heterocycles. The summed E-state index contributed by atoms with van der Waals surface area (Å²) in [5.41, 5.74) is -8.47. The maximum atomic E-state index is 14.0. The van der Waals surface area contributed by atoms with E-state index >= 15 is 0 Å². The highest BCUT2D eigenvalue weighted by Gasteiger charge is 2.42. The minimum Gasteiger partial charge on any atom is -0.245 e. The molecule has 12 heteroatoms. The van der Waals surface area contributed by atoms with Crippen molar-refractivity contribution < 1.29 is 34.9 Å². The molecule has 0 spiro atoms. The topological polar surface area (TPSA) is 58.7 Å². The van der Waals surface area contributed by atoms with Gasteiger partial charge < -0.3 is 0 Å². The van der Waals surface area contributed by atoms with E-state index in [0.717, 1.165) is 6.92 Å². The standard InChI is InChI=1S/C13H6F7N3OS/c1-6-11(25(24)13(18,19)20)9(5-21)22-23(6)10-3-2-7(4-8(10)14)12(15,16)17/h2-4H,1H3. The van der Waals surface area contributed by atoms with Crippen molar-refractivity contribution >= 4 is 10.8 Å². The highest BCUT2D eigenvalue weighted by Crippen LogP contribution is 2.33. The van der Waals surface area contributed by atoms with Gasteiger partial charge in [-0.1, -0.05) is 0 Å². The molecule has 0 aliphatic carbocycles. The van der Waals surface area contributed by atoms with E-state index in [-0.39, 0.29) is 6.07 Å². The molecule has 1 aromatic heterocycles. The smallest absolute Gasteiger partial charge is 0.245 e. The van der Waals surface area contributed by atoms with E-state index in [4.69, 9.17) is 5.26 Å². The lowest BCUT2D eigenvalue weighted by Crippen LogP contribution is -2.17. The highest BCUT2D eigenvalue weighted by atomic mass is 32.2. The Balaban J connectivity index is 2.65. The van der Waals surface area contributed by atoms with Gasteiger partial charge in [0.1, 0.15) is 22.5 Å². The second-order valence-electron chi connectivity index (χ2n) is 4.67. The first-order chi connectivity index (χ1) is 11.4. The summed E-state index contributed by atoms with van der Waals surface area (Å²) >= 11 is 0. The monoisotopic (exact) mass is 385 g/mol. The van der Waals surface area contributed by atoms with Gasteiger partial charge in [0.05, 0.1) is 11.3 Å². The number of halogens is 7. The average molecular weight is 385 g/mol. The Kier molecular flexibility index (Phi) is 4.65. The summed E-state index contributed by atoms with van der Waals surface area (Å²) in [6.45, 7) is 0.990. The number of hydrogen-bond donors (Lipinski definition) is 0. The van der Waals surface area contributed by atoms with E-state index in [2.05, 4.69) is 5.10 Å². The molecule has 1 unspecified atom stereocenters. The minimum atomic E-state index is -5.19. The third-order valence-electron chi connectivity index (χ3n) is 3.07. The Hall–Kier alpha value is -2.42. The van der Waals surface area contributed by atoms with E-state index in [1.54, 1.807) is 0 Å². The van der Waals surface area contributed by atoms with Crippen LogP contribution < -0.4 is 0 Å². The molecule has 0 bridgehead atoms. The van der Waals surface area contributed by atoms with Gasteiger partial charge in [0, 0.05) is 0 Å². The quantitative estimate of drug-likeness (QED) is 0.739. The largest absolute Gasteiger partial charge is 0.476 e. The van der Waals surface area contributed by atoms with E-state index in [1.807, 2.05) is 0 Å². The fraction of sp³-hybridized carbons (Fsp3) is 0.231. The van der Waals surface area contributed by atoms with E-state index in [1.165, 1.54) is 6.07 Å². The van der Waals surface area contributed by atoms with Crippen molar-refractivity contribution in [1.82, 2.24) is 9.78 Å². The molecule has 0 saturated carbocycles. The number of nitriles is 1. The maximum Gasteiger partial charge on any atom is 0.476 e. The average Bonchev–Trinajstić information content (AvgIpc) is 2.81. The summed E-state index contributed by atoms with van der Waals surface area (Å²) in [7, 11) is -3.61. The first-order valence-electron chi connectivity index (χ1n) is 6.23. The predicted octanol–water partition coefficient (Wildman–Crippen LogP) is 3.84. The second-order valence-corrected chi connectivity index (χ2v) is 6.07. The minimum absolute atomic E-state index is 0.142. The van der Waals surface area contributed by atoms with Crippen LogP contribution in [0.25, 0.3) is 5.69 Å². The fourth-order valence-electron chi connectivity index (χ4n) is 1.99. The van der Waals surface area contributed by atoms with Crippen LogP contribution in [-0.2, 0) is 17.0 Å². The molecular weight excluding hydrogens is 379 g/mol. The predicted molar refractivity (Wildman–Crippen MR) is 70.4 cm³/mol. The SMILES string of the molecule is Cc1c(S(=O)C(F)(F)F)c(C#N)nn1-c1ccc(C(F)(F)F)cc1F. The summed E-state index contributed by atoms with van der Waals surface area (Å²) in [5.74, 6) is -1.42. The normalized spacial score (nSPS) is 13.6. The lowest BCUT2D eigenvalue weighted by molar-refractivity contribution is -0.137. The van der Waals surface area contributed by atoms with Crippen LogP contribution >= 0.6 is 0 Å². The molecule has 4 nitrogen and oxygen atoms in total. The van der Waals surface area contributed by atoms with Gasteiger partial charge in [0.2, 0.25) is 0 Å². The number of nitrogens with zero attached hydrogens (tertiary/aromatic N) is 3. The molecule has 134 valence electrons. The zero-order valence-corrected chi connectivity index (χ0v) is 12.9. The maximum absolute atomic E-state index is 14.0. The van der Waals surface area contributed by atoms with Crippen LogP contribution in [0.1, 0.15) is 17.0 Å². The van der Waals surface area contributed by atoms with Crippen molar-refractivity contribution in [1.29, 1.82) is 5.26 Å². The molecule has 0 saturated heterocycles. The third-order valence-corrected chi connectivity index (χ3v) is 4.35. The Bertz CT molecular complexity index is 893. The molecule has 2 rings (SSSR count). The summed E-state index contributed by atoms with van der Waals surface area (Å²) in [4.78, 5) is -0.978. The Morgan fingerprint density at radius 2 is 1.80 bits per heavy atom. The zero-order chi connectivity index (χ0) is 19.2. The van der Waals surface area contributed by atoms with Gasteiger partial charge in [0.15, 0.2) is 16.5 Å². The number of alkyl halides is 6. The van der Waals surface area contributed by atoms with Crippen LogP contribution in [0.15, 0.2) is 23.1 Å². The van der Waals surface area contributed by atoms with Gasteiger partial charge in [-0.25, -0.2) is 13.3 Å². The van der Waals surface area contributed by atoms with Crippen LogP contribution in [0.4, 0.5) is 30.7 Å². The fourth-order valence-corrected chi connectivity index (χ4v) is 2.84. The molecule has 0 N–H and O–H groups in total. The van der Waals surface area contributed by atoms with Crippen molar-refractivity contribution in [3.8, 4) is 11.8 Å². The number of rotatable bonds is 2. The lowest BCUT2D eigenvalue weighted by atomic mass is 10.2. The summed E-state index contributed by atoms with van der Waals surface area (Å²) in [6, 6.07) is 2.61. The summed E-state index contributed by atoms with van der Waals surface area (Å²) < 4.78 is 102. The van der Waals surface area contributed by atoms with Crippen LogP contribution in [0.2, 0.25) is 0 Å². The van der Waals surface area contributed by atoms with Crippen LogP contribution in [0.3, 0.4) is 0 Å². The van der Waals surface area contributed by atoms with Gasteiger partial charge in [-0.15, -0.1) is 0 Å². The van der Waals surface area contributed by atoms with Crippen molar-refractivity contribution in [2.45, 2.75) is 23.5 Å². The Morgan fingerprint density at radius 1 is 1.20 bits per heavy atom. The summed E-state index contributed by atoms with van der Waals surface area (Å²) in [5, 5.41) is 12.3. The van der Waals surface area contributed by atoms with Crippen LogP contribution in [0, 0.1) is 24.1 Å². The molecule has 0 fully saturated rings. The second kappa shape index (κ2) is 6.14. The first-order valence-corrected chi connectivity index (χ1v) is 7.38. The van der Waals surface area contributed by atoms with Crippen LogP contribution in [-0.4, -0.2) is 19.5 Å². The molecule has 0 radical (unpaired) electrons. The van der Waals surface area contributed by atoms with Crippen molar-refractivity contribution in [3.05, 3.63) is 41.0 Å². The summed E-state index contributed by atoms with van der Waals surface area (Å²) in [6.07, 6.45) is -4.82. The van der Waals surface area contributed by atoms with Gasteiger partial charge in [-0.3, -0.25) is 0 Å². The van der Waals surface area contributed by atoms with Gasteiger partial charge in [-0.05, 0) is 25.1 Å². The zero-order valence-electron chi connectivity index (χ0n) is 12.0. The molecule has 25 heavy (non-hydrogen) atoms. The molecule has 1 atom stereocenters. The molecule has 2 aromatic rings. The molecule has 0 aliphatic heterocycles. The van der Waals surface area contributed by atoms with Gasteiger partial charge >= 0.3 is 11.7 Å². The van der Waals surface area contributed by atoms with Crippen molar-refractivity contribution in [2.75, 3.05) is 0 Å². The molecule has 0 amide bonds. The number of benzene rings is 1. The van der Waals surface area contributed by atoms with Gasteiger partial charge in [0.25, 0.3) is 0 Å². The van der Waals surface area contributed by atoms with E-state index in [9.17, 15) is 34.9 Å². The Labute approximate surface area is 137 Å². The number of hydrogen-bond acceptors (Lipinski definition) is 3. The third kappa shape index (κ3) is 3.51.